The highest BCUT2D eigenvalue weighted by Crippen LogP contribution is 2.38. The van der Waals surface area contributed by atoms with Crippen LogP contribution in [0.5, 0.6) is 0 Å². The highest BCUT2D eigenvalue weighted by Gasteiger charge is 2.40. The molecule has 0 radical (unpaired) electrons. The van der Waals surface area contributed by atoms with E-state index in [4.69, 9.17) is 0 Å². The Bertz CT molecular complexity index is 1090. The quantitative estimate of drug-likeness (QED) is 0.324. The van der Waals surface area contributed by atoms with Gasteiger partial charge in [0.2, 0.25) is 5.91 Å². The maximum Gasteiger partial charge on any atom is 0.319 e. The summed E-state index contributed by atoms with van der Waals surface area (Å²) in [4.78, 5) is 43.6. The van der Waals surface area contributed by atoms with Crippen molar-refractivity contribution < 1.29 is 14.4 Å². The van der Waals surface area contributed by atoms with Crippen LogP contribution in [0.3, 0.4) is 0 Å². The van der Waals surface area contributed by atoms with Crippen LogP contribution in [0.15, 0.2) is 34.9 Å². The Morgan fingerprint density at radius 1 is 1.16 bits per heavy atom. The number of nitrogens with one attached hydrogen (secondary N) is 3. The highest BCUT2D eigenvalue weighted by molar-refractivity contribution is 8.04. The molecule has 3 rings (SSSR count). The number of carbonyl (C=O) groups is 3. The zero-order valence-electron chi connectivity index (χ0n) is 23.0. The van der Waals surface area contributed by atoms with Gasteiger partial charge in [-0.25, -0.2) is 4.79 Å². The zero-order chi connectivity index (χ0) is 27.9. The van der Waals surface area contributed by atoms with Crippen molar-refractivity contribution in [3.05, 3.63) is 34.9 Å². The van der Waals surface area contributed by atoms with Gasteiger partial charge in [0.15, 0.2) is 0 Å². The number of nitrogens with zero attached hydrogens (tertiary/aromatic N) is 4. The third-order valence-corrected chi connectivity index (χ3v) is 8.05. The van der Waals surface area contributed by atoms with Gasteiger partial charge in [-0.15, -0.1) is 0 Å². The molecule has 2 saturated heterocycles. The first-order valence-corrected chi connectivity index (χ1v) is 13.9. The van der Waals surface area contributed by atoms with Crippen molar-refractivity contribution in [2.45, 2.75) is 51.3 Å². The summed E-state index contributed by atoms with van der Waals surface area (Å²) in [7, 11) is 1.66. The van der Waals surface area contributed by atoms with Crippen LogP contribution >= 0.6 is 11.8 Å². The highest BCUT2D eigenvalue weighted by atomic mass is 32.2. The Kier molecular flexibility index (Phi) is 10.1. The Morgan fingerprint density at radius 3 is 2.37 bits per heavy atom. The molecular weight excluding hydrogens is 502 g/mol. The van der Waals surface area contributed by atoms with Gasteiger partial charge in [0, 0.05) is 50.1 Å². The number of hydrogen-bond donors (Lipinski definition) is 3. The zero-order valence-corrected chi connectivity index (χ0v) is 23.8. The summed E-state index contributed by atoms with van der Waals surface area (Å²) in [6.07, 6.45) is 2.45. The van der Waals surface area contributed by atoms with Crippen molar-refractivity contribution in [1.82, 2.24) is 20.0 Å². The molecule has 1 unspecified atom stereocenters. The van der Waals surface area contributed by atoms with Crippen molar-refractivity contribution in [3.8, 4) is 6.07 Å². The average Bonchev–Trinajstić information content (AvgIpc) is 3.50. The number of urea groups is 1. The van der Waals surface area contributed by atoms with E-state index in [1.54, 1.807) is 19.2 Å². The van der Waals surface area contributed by atoms with Crippen LogP contribution in [0, 0.1) is 11.3 Å². The Balaban J connectivity index is 1.56. The van der Waals surface area contributed by atoms with E-state index in [1.807, 2.05) is 45.9 Å². The second kappa shape index (κ2) is 13.0. The Labute approximate surface area is 229 Å². The number of thioether (sulfide) groups is 1. The van der Waals surface area contributed by atoms with Gasteiger partial charge in [-0.1, -0.05) is 11.8 Å². The lowest BCUT2D eigenvalue weighted by molar-refractivity contribution is -0.129. The molecule has 1 aromatic carbocycles. The van der Waals surface area contributed by atoms with Crippen LogP contribution in [0.2, 0.25) is 0 Å². The summed E-state index contributed by atoms with van der Waals surface area (Å²) >= 11 is 1.24. The lowest BCUT2D eigenvalue weighted by atomic mass is 10.1. The molecule has 2 aliphatic heterocycles. The number of anilines is 2. The lowest BCUT2D eigenvalue weighted by Crippen LogP contribution is -2.43. The summed E-state index contributed by atoms with van der Waals surface area (Å²) in [5.41, 5.74) is 0.991. The van der Waals surface area contributed by atoms with Crippen molar-refractivity contribution in [2.24, 2.45) is 0 Å². The molecule has 4 amide bonds. The largest absolute Gasteiger partial charge is 0.383 e. The number of amides is 4. The van der Waals surface area contributed by atoms with Crippen LogP contribution in [0.1, 0.15) is 40.5 Å². The molecule has 1 atom stereocenters. The van der Waals surface area contributed by atoms with Gasteiger partial charge in [-0.2, -0.15) is 5.26 Å². The predicted octanol–water partition coefficient (Wildman–Crippen LogP) is 3.27. The SMILES string of the molecule is CCN1C(=O)C(CNc2ccc(NC(=O)NCCN3CCCC3)cc2)S/C1=C(/C#N)C(=O)N(C)C(C)(C)C. The summed E-state index contributed by atoms with van der Waals surface area (Å²) in [5, 5.41) is 18.7. The molecule has 1 aromatic rings. The molecule has 0 bridgehead atoms. The standard InChI is InChI=1S/C27H39N7O3S/c1-6-34-24(36)22(38-25(34)21(17-28)23(35)32(5)27(2,3)4)18-30-19-9-11-20(12-10-19)31-26(37)29-13-16-33-14-7-8-15-33/h9-12,22,30H,6-8,13-16,18H2,1-5H3,(H2,29,31,37)/b25-21-. The topological polar surface area (TPSA) is 121 Å². The normalized spacial score (nSPS) is 19.2. The fourth-order valence-corrected chi connectivity index (χ4v) is 5.46. The molecule has 10 nitrogen and oxygen atoms in total. The van der Waals surface area contributed by atoms with Crippen molar-refractivity contribution in [1.29, 1.82) is 5.26 Å². The fraction of sp³-hybridized carbons (Fsp3) is 0.556. The van der Waals surface area contributed by atoms with Crippen LogP contribution in [-0.4, -0.2) is 89.7 Å². The molecule has 206 valence electrons. The predicted molar refractivity (Wildman–Crippen MR) is 152 cm³/mol. The molecule has 0 saturated carbocycles. The van der Waals surface area contributed by atoms with E-state index in [0.717, 1.165) is 25.3 Å². The van der Waals surface area contributed by atoms with Crippen LogP contribution < -0.4 is 16.0 Å². The van der Waals surface area contributed by atoms with E-state index < -0.39 is 16.7 Å². The maximum atomic E-state index is 13.1. The molecule has 0 spiro atoms. The molecule has 38 heavy (non-hydrogen) atoms. The number of likely N-dealkylation sites (tertiary alicyclic amines) is 1. The van der Waals surface area contributed by atoms with Gasteiger partial charge in [-0.3, -0.25) is 9.59 Å². The monoisotopic (exact) mass is 541 g/mol. The number of rotatable bonds is 9. The minimum Gasteiger partial charge on any atom is -0.383 e. The molecule has 2 heterocycles. The fourth-order valence-electron chi connectivity index (χ4n) is 4.20. The van der Waals surface area contributed by atoms with Gasteiger partial charge >= 0.3 is 6.03 Å². The molecule has 0 aromatic heterocycles. The third kappa shape index (κ3) is 7.42. The first kappa shape index (κ1) is 29.3. The molecule has 2 aliphatic rings. The summed E-state index contributed by atoms with van der Waals surface area (Å²) < 4.78 is 0. The maximum absolute atomic E-state index is 13.1. The average molecular weight is 542 g/mol. The van der Waals surface area contributed by atoms with Gasteiger partial charge < -0.3 is 30.7 Å². The second-order valence-corrected chi connectivity index (χ2v) is 11.6. The van der Waals surface area contributed by atoms with Gasteiger partial charge in [-0.05, 0) is 77.9 Å². The van der Waals surface area contributed by atoms with E-state index in [2.05, 4.69) is 20.9 Å². The molecule has 3 N–H and O–H groups in total. The number of hydrogen-bond acceptors (Lipinski definition) is 7. The van der Waals surface area contributed by atoms with Crippen LogP contribution in [0.4, 0.5) is 16.2 Å². The van der Waals surface area contributed by atoms with Gasteiger partial charge in [0.1, 0.15) is 21.9 Å². The number of likely N-dealkylation sites (N-methyl/N-ethyl adjacent to an activating group) is 1. The van der Waals surface area contributed by atoms with Gasteiger partial charge in [0.25, 0.3) is 5.91 Å². The van der Waals surface area contributed by atoms with Crippen molar-refractivity contribution >= 4 is 41.0 Å². The molecule has 2 fully saturated rings. The second-order valence-electron chi connectivity index (χ2n) is 10.4. The molecule has 11 heteroatoms. The molecular formula is C27H39N7O3S. The Morgan fingerprint density at radius 2 is 1.79 bits per heavy atom. The Hall–Kier alpha value is -3.23. The van der Waals surface area contributed by atoms with E-state index >= 15 is 0 Å². The summed E-state index contributed by atoms with van der Waals surface area (Å²) in [5.74, 6) is -0.534. The number of nitriles is 1. The van der Waals surface area contributed by atoms with E-state index in [0.29, 0.717) is 30.4 Å². The van der Waals surface area contributed by atoms with Crippen LogP contribution in [-0.2, 0) is 9.59 Å². The number of benzene rings is 1. The van der Waals surface area contributed by atoms with E-state index in [-0.39, 0.29) is 17.5 Å². The van der Waals surface area contributed by atoms with Crippen molar-refractivity contribution in [3.63, 3.8) is 0 Å². The van der Waals surface area contributed by atoms with Crippen LogP contribution in [0.25, 0.3) is 0 Å². The first-order chi connectivity index (χ1) is 18.0. The van der Waals surface area contributed by atoms with E-state index in [1.165, 1.54) is 34.4 Å². The first-order valence-electron chi connectivity index (χ1n) is 13.1. The minimum atomic E-state index is -0.472. The van der Waals surface area contributed by atoms with E-state index in [9.17, 15) is 19.6 Å². The minimum absolute atomic E-state index is 0.0146. The lowest BCUT2D eigenvalue weighted by Gasteiger charge is -2.32. The summed E-state index contributed by atoms with van der Waals surface area (Å²) in [6.45, 7) is 11.9. The number of carbonyl (C=O) groups excluding carboxylic acids is 3. The smallest absolute Gasteiger partial charge is 0.319 e. The van der Waals surface area contributed by atoms with Gasteiger partial charge in [0.05, 0.1) is 0 Å². The third-order valence-electron chi connectivity index (χ3n) is 6.75. The molecule has 0 aliphatic carbocycles. The summed E-state index contributed by atoms with van der Waals surface area (Å²) in [6, 6.07) is 9.06. The van der Waals surface area contributed by atoms with Crippen molar-refractivity contribution in [2.75, 3.05) is 56.9 Å².